The summed E-state index contributed by atoms with van der Waals surface area (Å²) in [4.78, 5) is 0. The van der Waals surface area contributed by atoms with E-state index in [0.29, 0.717) is 6.04 Å². The summed E-state index contributed by atoms with van der Waals surface area (Å²) in [5.74, 6) is 0. The standard InChI is InChI=1S/C17H15N/c1-2-4-12-6-9-16-15(14(12)5-3-1)8-7-13-10-11-18-17(13)16/h1-9,17-18H,10-11H2. The minimum absolute atomic E-state index is 0.444. The molecule has 1 fully saturated rings. The summed E-state index contributed by atoms with van der Waals surface area (Å²) in [5, 5.41) is 6.33. The van der Waals surface area contributed by atoms with Crippen LogP contribution in [-0.4, -0.2) is 6.54 Å². The molecule has 1 aromatic rings. The molecular weight excluding hydrogens is 218 g/mol. The van der Waals surface area contributed by atoms with Crippen molar-refractivity contribution in [1.82, 2.24) is 5.32 Å². The number of nitrogens with one attached hydrogen (secondary N) is 1. The van der Waals surface area contributed by atoms with Crippen molar-refractivity contribution >= 4 is 18.2 Å². The van der Waals surface area contributed by atoms with Crippen LogP contribution in [0.1, 0.15) is 23.6 Å². The maximum atomic E-state index is 3.60. The van der Waals surface area contributed by atoms with Gasteiger partial charge in [-0.3, -0.25) is 0 Å². The lowest BCUT2D eigenvalue weighted by atomic mass is 9.91. The molecule has 1 N–H and O–H groups in total. The fourth-order valence-electron chi connectivity index (χ4n) is 3.13. The summed E-state index contributed by atoms with van der Waals surface area (Å²) in [6, 6.07) is 4.97. The van der Waals surface area contributed by atoms with Gasteiger partial charge in [0.05, 0.1) is 6.04 Å². The molecular formula is C17H15N. The van der Waals surface area contributed by atoms with Crippen molar-refractivity contribution in [2.75, 3.05) is 6.54 Å². The van der Waals surface area contributed by atoms with Crippen molar-refractivity contribution in [3.8, 4) is 0 Å². The second-order valence-corrected chi connectivity index (χ2v) is 5.03. The Hall–Kier alpha value is -1.86. The molecule has 1 heteroatoms. The van der Waals surface area contributed by atoms with Gasteiger partial charge in [-0.05, 0) is 40.1 Å². The molecule has 1 nitrogen and oxygen atoms in total. The number of benzene rings is 1. The van der Waals surface area contributed by atoms with E-state index in [9.17, 15) is 0 Å². The first-order valence-electron chi connectivity index (χ1n) is 6.56. The molecule has 0 aromatic heterocycles. The van der Waals surface area contributed by atoms with Gasteiger partial charge in [-0.15, -0.1) is 0 Å². The van der Waals surface area contributed by atoms with Crippen molar-refractivity contribution in [1.29, 1.82) is 0 Å². The lowest BCUT2D eigenvalue weighted by Crippen LogP contribution is -2.35. The van der Waals surface area contributed by atoms with E-state index in [1.807, 2.05) is 0 Å². The van der Waals surface area contributed by atoms with Crippen LogP contribution in [-0.2, 0) is 0 Å². The van der Waals surface area contributed by atoms with Gasteiger partial charge in [0.2, 0.25) is 0 Å². The Bertz CT molecular complexity index is 717. The third-order valence-electron chi connectivity index (χ3n) is 4.02. The highest BCUT2D eigenvalue weighted by Gasteiger charge is 2.24. The summed E-state index contributed by atoms with van der Waals surface area (Å²) >= 11 is 0. The van der Waals surface area contributed by atoms with Crippen LogP contribution < -0.4 is 15.8 Å². The topological polar surface area (TPSA) is 12.0 Å². The zero-order chi connectivity index (χ0) is 11.9. The highest BCUT2D eigenvalue weighted by Crippen LogP contribution is 2.28. The lowest BCUT2D eigenvalue weighted by molar-refractivity contribution is 0.701. The average Bonchev–Trinajstić information content (AvgIpc) is 2.75. The largest absolute Gasteiger partial charge is 0.306 e. The number of hydrogen-bond acceptors (Lipinski definition) is 1. The molecule has 1 atom stereocenters. The maximum Gasteiger partial charge on any atom is 0.0545 e. The van der Waals surface area contributed by atoms with Gasteiger partial charge < -0.3 is 5.32 Å². The first kappa shape index (κ1) is 10.1. The highest BCUT2D eigenvalue weighted by atomic mass is 14.9. The van der Waals surface area contributed by atoms with E-state index in [4.69, 9.17) is 0 Å². The molecule has 0 saturated carbocycles. The molecule has 1 heterocycles. The van der Waals surface area contributed by atoms with E-state index in [-0.39, 0.29) is 0 Å². The third kappa shape index (κ3) is 1.37. The monoisotopic (exact) mass is 233 g/mol. The van der Waals surface area contributed by atoms with E-state index in [1.54, 1.807) is 0 Å². The Labute approximate surface area is 107 Å². The van der Waals surface area contributed by atoms with Crippen LogP contribution in [0.5, 0.6) is 0 Å². The summed E-state index contributed by atoms with van der Waals surface area (Å²) in [6.45, 7) is 1.10. The van der Waals surface area contributed by atoms with Crippen LogP contribution in [0.4, 0.5) is 0 Å². The third-order valence-corrected chi connectivity index (χ3v) is 4.02. The Balaban J connectivity index is 2.07. The second-order valence-electron chi connectivity index (χ2n) is 5.03. The first-order valence-corrected chi connectivity index (χ1v) is 6.56. The normalized spacial score (nSPS) is 23.1. The molecule has 88 valence electrons. The summed E-state index contributed by atoms with van der Waals surface area (Å²) in [6.07, 6.45) is 16.5. The van der Waals surface area contributed by atoms with Crippen LogP contribution >= 0.6 is 0 Å². The van der Waals surface area contributed by atoms with Crippen molar-refractivity contribution in [2.24, 2.45) is 0 Å². The number of hydrogen-bond donors (Lipinski definition) is 1. The smallest absolute Gasteiger partial charge is 0.0545 e. The predicted molar refractivity (Wildman–Crippen MR) is 76.2 cm³/mol. The molecule has 3 aliphatic rings. The van der Waals surface area contributed by atoms with Crippen LogP contribution in [0.3, 0.4) is 0 Å². The Morgan fingerprint density at radius 3 is 2.94 bits per heavy atom. The summed E-state index contributed by atoms with van der Waals surface area (Å²) < 4.78 is 0. The Kier molecular flexibility index (Phi) is 2.14. The molecule has 0 spiro atoms. The molecule has 2 aliphatic carbocycles. The number of rotatable bonds is 0. The summed E-state index contributed by atoms with van der Waals surface area (Å²) in [5.41, 5.74) is 4.27. The SMILES string of the molecule is C1=CC=c2c(ccc3c2=CC=C2CCNC23)C=C1. The minimum atomic E-state index is 0.444. The van der Waals surface area contributed by atoms with Crippen LogP contribution in [0, 0.1) is 0 Å². The highest BCUT2D eigenvalue weighted by molar-refractivity contribution is 5.63. The second kappa shape index (κ2) is 3.82. The Morgan fingerprint density at radius 2 is 1.94 bits per heavy atom. The van der Waals surface area contributed by atoms with Gasteiger partial charge in [0.25, 0.3) is 0 Å². The summed E-state index contributed by atoms with van der Waals surface area (Å²) in [7, 11) is 0. The van der Waals surface area contributed by atoms with Gasteiger partial charge in [0.15, 0.2) is 0 Å². The molecule has 1 aromatic carbocycles. The van der Waals surface area contributed by atoms with Gasteiger partial charge in [-0.2, -0.15) is 0 Å². The van der Waals surface area contributed by atoms with E-state index in [2.05, 4.69) is 60.0 Å². The zero-order valence-electron chi connectivity index (χ0n) is 10.2. The first-order chi connectivity index (χ1) is 8.93. The van der Waals surface area contributed by atoms with Crippen LogP contribution in [0.25, 0.3) is 18.2 Å². The van der Waals surface area contributed by atoms with Gasteiger partial charge >= 0.3 is 0 Å². The number of fused-ring (bicyclic) bond motifs is 5. The van der Waals surface area contributed by atoms with Crippen molar-refractivity contribution < 1.29 is 0 Å². The van der Waals surface area contributed by atoms with E-state index < -0.39 is 0 Å². The van der Waals surface area contributed by atoms with Gasteiger partial charge in [0, 0.05) is 0 Å². The zero-order valence-corrected chi connectivity index (χ0v) is 10.2. The van der Waals surface area contributed by atoms with Crippen LogP contribution in [0.15, 0.2) is 42.0 Å². The Morgan fingerprint density at radius 1 is 0.944 bits per heavy atom. The maximum absolute atomic E-state index is 3.60. The molecule has 4 rings (SSSR count). The van der Waals surface area contributed by atoms with E-state index in [0.717, 1.165) is 6.54 Å². The van der Waals surface area contributed by atoms with Crippen LogP contribution in [0.2, 0.25) is 0 Å². The molecule has 1 unspecified atom stereocenters. The molecule has 1 saturated heterocycles. The fraction of sp³-hybridized carbons (Fsp3) is 0.176. The van der Waals surface area contributed by atoms with Crippen molar-refractivity contribution in [2.45, 2.75) is 12.5 Å². The van der Waals surface area contributed by atoms with E-state index in [1.165, 1.54) is 33.6 Å². The minimum Gasteiger partial charge on any atom is -0.306 e. The molecule has 0 bridgehead atoms. The molecule has 18 heavy (non-hydrogen) atoms. The van der Waals surface area contributed by atoms with E-state index >= 15 is 0 Å². The quantitative estimate of drug-likeness (QED) is 0.720. The van der Waals surface area contributed by atoms with Crippen molar-refractivity contribution in [3.05, 3.63) is 63.6 Å². The number of allylic oxidation sites excluding steroid dienone is 4. The van der Waals surface area contributed by atoms with Gasteiger partial charge in [-0.25, -0.2) is 0 Å². The van der Waals surface area contributed by atoms with Gasteiger partial charge in [-0.1, -0.05) is 54.7 Å². The molecule has 0 amide bonds. The lowest BCUT2D eigenvalue weighted by Gasteiger charge is -2.18. The van der Waals surface area contributed by atoms with Crippen molar-refractivity contribution in [3.63, 3.8) is 0 Å². The molecule has 0 radical (unpaired) electrons. The predicted octanol–water partition coefficient (Wildman–Crippen LogP) is 1.80. The molecule has 1 aliphatic heterocycles. The fourth-order valence-corrected chi connectivity index (χ4v) is 3.13. The van der Waals surface area contributed by atoms with Gasteiger partial charge in [0.1, 0.15) is 0 Å². The average molecular weight is 233 g/mol.